The fourth-order valence-electron chi connectivity index (χ4n) is 2.81. The maximum Gasteiger partial charge on any atom is 0.00966 e. The molecule has 2 atom stereocenters. The molecule has 1 heterocycles. The third-order valence-corrected chi connectivity index (χ3v) is 4.48. The lowest BCUT2D eigenvalue weighted by Crippen LogP contribution is -2.41. The zero-order valence-corrected chi connectivity index (χ0v) is 12.1. The summed E-state index contributed by atoms with van der Waals surface area (Å²) < 4.78 is 0. The SMILES string of the molecule is CC(C)(C)NCC1CCCCC1c1ccsc1. The van der Waals surface area contributed by atoms with Gasteiger partial charge in [0.25, 0.3) is 0 Å². The molecule has 2 rings (SSSR count). The number of hydrogen-bond acceptors (Lipinski definition) is 2. The van der Waals surface area contributed by atoms with Crippen molar-refractivity contribution in [3.8, 4) is 0 Å². The maximum atomic E-state index is 3.69. The maximum absolute atomic E-state index is 3.69. The van der Waals surface area contributed by atoms with Crippen LogP contribution in [0.3, 0.4) is 0 Å². The molecule has 1 nitrogen and oxygen atoms in total. The molecule has 0 aliphatic heterocycles. The van der Waals surface area contributed by atoms with Gasteiger partial charge in [-0.2, -0.15) is 11.3 Å². The van der Waals surface area contributed by atoms with Crippen molar-refractivity contribution in [2.75, 3.05) is 6.54 Å². The molecule has 0 saturated heterocycles. The fraction of sp³-hybridized carbons (Fsp3) is 0.733. The molecule has 1 aromatic rings. The highest BCUT2D eigenvalue weighted by atomic mass is 32.1. The lowest BCUT2D eigenvalue weighted by Gasteiger charge is -2.34. The van der Waals surface area contributed by atoms with E-state index in [-0.39, 0.29) is 5.54 Å². The summed E-state index contributed by atoms with van der Waals surface area (Å²) in [7, 11) is 0. The van der Waals surface area contributed by atoms with Crippen LogP contribution >= 0.6 is 11.3 Å². The Hall–Kier alpha value is -0.340. The summed E-state index contributed by atoms with van der Waals surface area (Å²) in [5, 5.41) is 8.25. The van der Waals surface area contributed by atoms with E-state index >= 15 is 0 Å². The molecule has 1 aliphatic rings. The van der Waals surface area contributed by atoms with Crippen LogP contribution in [-0.2, 0) is 0 Å². The Labute approximate surface area is 110 Å². The number of thiophene rings is 1. The smallest absolute Gasteiger partial charge is 0.00966 e. The minimum absolute atomic E-state index is 0.247. The van der Waals surface area contributed by atoms with Gasteiger partial charge in [0.05, 0.1) is 0 Å². The van der Waals surface area contributed by atoms with Crippen LogP contribution in [0, 0.1) is 5.92 Å². The van der Waals surface area contributed by atoms with Gasteiger partial charge in [-0.05, 0) is 74.4 Å². The van der Waals surface area contributed by atoms with Gasteiger partial charge in [-0.15, -0.1) is 0 Å². The fourth-order valence-corrected chi connectivity index (χ4v) is 3.54. The van der Waals surface area contributed by atoms with Gasteiger partial charge in [0.2, 0.25) is 0 Å². The highest BCUT2D eigenvalue weighted by Gasteiger charge is 2.27. The Kier molecular flexibility index (Phi) is 4.26. The van der Waals surface area contributed by atoms with Crippen molar-refractivity contribution in [1.29, 1.82) is 0 Å². The van der Waals surface area contributed by atoms with E-state index in [9.17, 15) is 0 Å². The molecule has 2 unspecified atom stereocenters. The predicted octanol–water partition coefficient (Wildman–Crippen LogP) is 4.41. The van der Waals surface area contributed by atoms with Crippen LogP contribution in [0.1, 0.15) is 57.9 Å². The van der Waals surface area contributed by atoms with Crippen LogP contribution in [0.2, 0.25) is 0 Å². The molecule has 0 bridgehead atoms. The molecule has 1 N–H and O–H groups in total. The van der Waals surface area contributed by atoms with Gasteiger partial charge in [-0.25, -0.2) is 0 Å². The minimum Gasteiger partial charge on any atom is -0.312 e. The lowest BCUT2D eigenvalue weighted by atomic mass is 9.76. The van der Waals surface area contributed by atoms with Crippen molar-refractivity contribution in [3.05, 3.63) is 22.4 Å². The molecular weight excluding hydrogens is 226 g/mol. The van der Waals surface area contributed by atoms with Crippen LogP contribution < -0.4 is 5.32 Å². The van der Waals surface area contributed by atoms with Gasteiger partial charge in [0.1, 0.15) is 0 Å². The van der Waals surface area contributed by atoms with Gasteiger partial charge < -0.3 is 5.32 Å². The second-order valence-electron chi connectivity index (χ2n) is 6.34. The van der Waals surface area contributed by atoms with Crippen molar-refractivity contribution >= 4 is 11.3 Å². The predicted molar refractivity (Wildman–Crippen MR) is 76.8 cm³/mol. The quantitative estimate of drug-likeness (QED) is 0.839. The van der Waals surface area contributed by atoms with Crippen LogP contribution in [0.4, 0.5) is 0 Å². The van der Waals surface area contributed by atoms with Crippen molar-refractivity contribution < 1.29 is 0 Å². The summed E-state index contributed by atoms with van der Waals surface area (Å²) in [6.45, 7) is 7.95. The molecule has 1 fully saturated rings. The standard InChI is InChI=1S/C15H25NS/c1-15(2,3)16-10-12-6-4-5-7-14(12)13-8-9-17-11-13/h8-9,11-12,14,16H,4-7,10H2,1-3H3. The Morgan fingerprint density at radius 2 is 2.06 bits per heavy atom. The van der Waals surface area contributed by atoms with Gasteiger partial charge in [-0.1, -0.05) is 12.8 Å². The van der Waals surface area contributed by atoms with E-state index < -0.39 is 0 Å². The van der Waals surface area contributed by atoms with Crippen molar-refractivity contribution in [2.45, 2.75) is 57.9 Å². The normalized spacial score (nSPS) is 26.1. The third-order valence-electron chi connectivity index (χ3n) is 3.77. The van der Waals surface area contributed by atoms with Crippen molar-refractivity contribution in [1.82, 2.24) is 5.32 Å². The molecule has 0 aromatic carbocycles. The molecule has 0 amide bonds. The number of nitrogens with one attached hydrogen (secondary N) is 1. The summed E-state index contributed by atoms with van der Waals surface area (Å²) in [5.41, 5.74) is 1.83. The molecule has 0 radical (unpaired) electrons. The zero-order chi connectivity index (χ0) is 12.3. The molecule has 1 saturated carbocycles. The summed E-state index contributed by atoms with van der Waals surface area (Å²) >= 11 is 1.84. The van der Waals surface area contributed by atoms with E-state index in [0.717, 1.165) is 11.8 Å². The first-order chi connectivity index (χ1) is 8.06. The summed E-state index contributed by atoms with van der Waals surface area (Å²) in [6, 6.07) is 2.32. The van der Waals surface area contributed by atoms with Crippen molar-refractivity contribution in [2.24, 2.45) is 5.92 Å². The van der Waals surface area contributed by atoms with Crippen LogP contribution in [0.5, 0.6) is 0 Å². The van der Waals surface area contributed by atoms with E-state index in [0.29, 0.717) is 0 Å². The molecule has 96 valence electrons. The van der Waals surface area contributed by atoms with Crippen LogP contribution in [0.25, 0.3) is 0 Å². The zero-order valence-electron chi connectivity index (χ0n) is 11.3. The second-order valence-corrected chi connectivity index (χ2v) is 7.12. The average Bonchev–Trinajstić information content (AvgIpc) is 2.79. The molecule has 1 aromatic heterocycles. The van der Waals surface area contributed by atoms with Gasteiger partial charge in [0, 0.05) is 5.54 Å². The first-order valence-electron chi connectivity index (χ1n) is 6.83. The minimum atomic E-state index is 0.247. The molecule has 1 aliphatic carbocycles. The summed E-state index contributed by atoms with van der Waals surface area (Å²) in [4.78, 5) is 0. The third kappa shape index (κ3) is 3.82. The van der Waals surface area contributed by atoms with E-state index in [1.807, 2.05) is 11.3 Å². The van der Waals surface area contributed by atoms with Crippen LogP contribution in [-0.4, -0.2) is 12.1 Å². The Balaban J connectivity index is 1.98. The summed E-state index contributed by atoms with van der Waals surface area (Å²) in [6.07, 6.45) is 5.60. The molecule has 2 heteroatoms. The summed E-state index contributed by atoms with van der Waals surface area (Å²) in [5.74, 6) is 1.63. The Morgan fingerprint density at radius 1 is 1.29 bits per heavy atom. The molecular formula is C15H25NS. The molecule has 17 heavy (non-hydrogen) atoms. The van der Waals surface area contributed by atoms with E-state index in [1.165, 1.54) is 32.2 Å². The number of rotatable bonds is 3. The Bertz CT molecular complexity index is 323. The molecule has 0 spiro atoms. The number of hydrogen-bond donors (Lipinski definition) is 1. The highest BCUT2D eigenvalue weighted by Crippen LogP contribution is 2.38. The van der Waals surface area contributed by atoms with Gasteiger partial charge in [0.15, 0.2) is 0 Å². The van der Waals surface area contributed by atoms with E-state index in [2.05, 4.69) is 42.9 Å². The Morgan fingerprint density at radius 3 is 2.71 bits per heavy atom. The first-order valence-corrected chi connectivity index (χ1v) is 7.78. The lowest BCUT2D eigenvalue weighted by molar-refractivity contribution is 0.270. The average molecular weight is 251 g/mol. The first kappa shape index (κ1) is 13.1. The highest BCUT2D eigenvalue weighted by molar-refractivity contribution is 7.07. The second kappa shape index (κ2) is 5.53. The monoisotopic (exact) mass is 251 g/mol. The van der Waals surface area contributed by atoms with E-state index in [1.54, 1.807) is 5.56 Å². The topological polar surface area (TPSA) is 12.0 Å². The van der Waals surface area contributed by atoms with Gasteiger partial charge in [-0.3, -0.25) is 0 Å². The van der Waals surface area contributed by atoms with Crippen molar-refractivity contribution in [3.63, 3.8) is 0 Å². The van der Waals surface area contributed by atoms with Gasteiger partial charge >= 0.3 is 0 Å². The largest absolute Gasteiger partial charge is 0.312 e. The van der Waals surface area contributed by atoms with E-state index in [4.69, 9.17) is 0 Å². The van der Waals surface area contributed by atoms with Crippen LogP contribution in [0.15, 0.2) is 16.8 Å².